The van der Waals surface area contributed by atoms with Gasteiger partial charge in [0.15, 0.2) is 0 Å². The second-order valence-corrected chi connectivity index (χ2v) is 5.74. The highest BCUT2D eigenvalue weighted by Crippen LogP contribution is 2.26. The first kappa shape index (κ1) is 14.8. The standard InChI is InChI=1S/C15H22ClFN2/c1-2-19(12-8-6-11(18)7-9-12)10-13-14(16)4-3-5-15(13)17/h3-5,11-12H,2,6-10,18H2,1H3. The molecule has 0 spiro atoms. The average Bonchev–Trinajstić information content (AvgIpc) is 2.40. The van der Waals surface area contributed by atoms with Crippen LogP contribution in [0.3, 0.4) is 0 Å². The molecule has 106 valence electrons. The van der Waals surface area contributed by atoms with E-state index in [9.17, 15) is 4.39 Å². The lowest BCUT2D eigenvalue weighted by Gasteiger charge is -2.35. The molecule has 2 nitrogen and oxygen atoms in total. The summed E-state index contributed by atoms with van der Waals surface area (Å²) in [6.45, 7) is 3.61. The Hall–Kier alpha value is -0.640. The van der Waals surface area contributed by atoms with Gasteiger partial charge >= 0.3 is 0 Å². The second-order valence-electron chi connectivity index (χ2n) is 5.33. The minimum Gasteiger partial charge on any atom is -0.328 e. The lowest BCUT2D eigenvalue weighted by molar-refractivity contribution is 0.148. The number of halogens is 2. The van der Waals surface area contributed by atoms with E-state index in [0.717, 1.165) is 32.2 Å². The smallest absolute Gasteiger partial charge is 0.129 e. The zero-order chi connectivity index (χ0) is 13.8. The molecule has 1 aliphatic carbocycles. The molecule has 0 radical (unpaired) electrons. The van der Waals surface area contributed by atoms with E-state index in [1.54, 1.807) is 12.1 Å². The fourth-order valence-electron chi connectivity index (χ4n) is 2.85. The van der Waals surface area contributed by atoms with Crippen molar-refractivity contribution in [1.82, 2.24) is 4.90 Å². The number of hydrogen-bond acceptors (Lipinski definition) is 2. The van der Waals surface area contributed by atoms with Crippen LogP contribution < -0.4 is 5.73 Å². The maximum absolute atomic E-state index is 13.8. The van der Waals surface area contributed by atoms with Gasteiger partial charge in [-0.1, -0.05) is 24.6 Å². The van der Waals surface area contributed by atoms with Gasteiger partial charge in [0, 0.05) is 29.2 Å². The Balaban J connectivity index is 2.06. The molecule has 1 aliphatic rings. The first-order chi connectivity index (χ1) is 9.11. The Morgan fingerprint density at radius 2 is 2.00 bits per heavy atom. The van der Waals surface area contributed by atoms with Crippen LogP contribution in [0, 0.1) is 5.82 Å². The largest absolute Gasteiger partial charge is 0.328 e. The van der Waals surface area contributed by atoms with Crippen molar-refractivity contribution in [3.8, 4) is 0 Å². The minimum atomic E-state index is -0.210. The third-order valence-corrected chi connectivity index (χ3v) is 4.44. The quantitative estimate of drug-likeness (QED) is 0.916. The lowest BCUT2D eigenvalue weighted by atomic mass is 9.90. The summed E-state index contributed by atoms with van der Waals surface area (Å²) in [6.07, 6.45) is 4.32. The van der Waals surface area contributed by atoms with Crippen molar-refractivity contribution < 1.29 is 4.39 Å². The zero-order valence-corrected chi connectivity index (χ0v) is 12.2. The molecule has 1 aromatic rings. The van der Waals surface area contributed by atoms with Crippen molar-refractivity contribution in [2.75, 3.05) is 6.54 Å². The van der Waals surface area contributed by atoms with E-state index in [-0.39, 0.29) is 5.82 Å². The molecular weight excluding hydrogens is 263 g/mol. The second kappa shape index (κ2) is 6.69. The van der Waals surface area contributed by atoms with Crippen molar-refractivity contribution in [3.63, 3.8) is 0 Å². The Bertz CT molecular complexity index is 396. The molecule has 0 unspecified atom stereocenters. The molecule has 4 heteroatoms. The maximum Gasteiger partial charge on any atom is 0.129 e. The van der Waals surface area contributed by atoms with Crippen molar-refractivity contribution in [1.29, 1.82) is 0 Å². The molecule has 19 heavy (non-hydrogen) atoms. The monoisotopic (exact) mass is 284 g/mol. The molecule has 0 bridgehead atoms. The van der Waals surface area contributed by atoms with Gasteiger partial charge in [0.25, 0.3) is 0 Å². The first-order valence-electron chi connectivity index (χ1n) is 7.04. The molecular formula is C15H22ClFN2. The first-order valence-corrected chi connectivity index (χ1v) is 7.42. The molecule has 0 heterocycles. The molecule has 0 aromatic heterocycles. The lowest BCUT2D eigenvalue weighted by Crippen LogP contribution is -2.40. The Labute approximate surface area is 119 Å². The average molecular weight is 285 g/mol. The van der Waals surface area contributed by atoms with Crippen molar-refractivity contribution in [3.05, 3.63) is 34.6 Å². The van der Waals surface area contributed by atoms with Crippen LogP contribution in [0.15, 0.2) is 18.2 Å². The van der Waals surface area contributed by atoms with Crippen LogP contribution in [0.5, 0.6) is 0 Å². The summed E-state index contributed by atoms with van der Waals surface area (Å²) in [5, 5.41) is 0.519. The summed E-state index contributed by atoms with van der Waals surface area (Å²) < 4.78 is 13.8. The molecule has 1 fully saturated rings. The van der Waals surface area contributed by atoms with Gasteiger partial charge in [-0.05, 0) is 44.4 Å². The van der Waals surface area contributed by atoms with E-state index in [2.05, 4.69) is 11.8 Å². The normalized spacial score (nSPS) is 23.8. The highest BCUT2D eigenvalue weighted by atomic mass is 35.5. The maximum atomic E-state index is 13.8. The van der Waals surface area contributed by atoms with Gasteiger partial charge in [-0.25, -0.2) is 4.39 Å². The van der Waals surface area contributed by atoms with Crippen LogP contribution in [0.2, 0.25) is 5.02 Å². The summed E-state index contributed by atoms with van der Waals surface area (Å²) in [5.41, 5.74) is 6.55. The summed E-state index contributed by atoms with van der Waals surface area (Å²) in [6, 6.07) is 5.72. The number of benzene rings is 1. The zero-order valence-electron chi connectivity index (χ0n) is 11.4. The SMILES string of the molecule is CCN(Cc1c(F)cccc1Cl)C1CCC(N)CC1. The Morgan fingerprint density at radius 3 is 2.58 bits per heavy atom. The Kier molecular flexibility index (Phi) is 5.20. The van der Waals surface area contributed by atoms with Gasteiger partial charge in [-0.3, -0.25) is 4.90 Å². The number of hydrogen-bond donors (Lipinski definition) is 1. The summed E-state index contributed by atoms with van der Waals surface area (Å²) in [7, 11) is 0. The van der Waals surface area contributed by atoms with Gasteiger partial charge in [0.05, 0.1) is 0 Å². The minimum absolute atomic E-state index is 0.210. The summed E-state index contributed by atoms with van der Waals surface area (Å²) in [4.78, 5) is 2.32. The van der Waals surface area contributed by atoms with Crippen LogP contribution >= 0.6 is 11.6 Å². The van der Waals surface area contributed by atoms with E-state index in [0.29, 0.717) is 29.2 Å². The number of nitrogens with two attached hydrogens (primary N) is 1. The number of rotatable bonds is 4. The van der Waals surface area contributed by atoms with Gasteiger partial charge in [-0.15, -0.1) is 0 Å². The van der Waals surface area contributed by atoms with Crippen LogP contribution in [-0.4, -0.2) is 23.5 Å². The van der Waals surface area contributed by atoms with Crippen molar-refractivity contribution >= 4 is 11.6 Å². The molecule has 1 aromatic carbocycles. The summed E-state index contributed by atoms with van der Waals surface area (Å²) >= 11 is 6.11. The topological polar surface area (TPSA) is 29.3 Å². The molecule has 0 saturated heterocycles. The van der Waals surface area contributed by atoms with E-state index in [1.165, 1.54) is 6.07 Å². The number of nitrogens with zero attached hydrogens (tertiary/aromatic N) is 1. The van der Waals surface area contributed by atoms with E-state index in [1.807, 2.05) is 0 Å². The molecule has 2 N–H and O–H groups in total. The third kappa shape index (κ3) is 3.68. The fraction of sp³-hybridized carbons (Fsp3) is 0.600. The molecule has 0 atom stereocenters. The van der Waals surface area contributed by atoms with Crippen LogP contribution in [0.1, 0.15) is 38.2 Å². The molecule has 1 saturated carbocycles. The predicted molar refractivity (Wildman–Crippen MR) is 77.7 cm³/mol. The van der Waals surface area contributed by atoms with E-state index >= 15 is 0 Å². The Morgan fingerprint density at radius 1 is 1.32 bits per heavy atom. The van der Waals surface area contributed by atoms with Gasteiger partial charge < -0.3 is 5.73 Å². The highest BCUT2D eigenvalue weighted by Gasteiger charge is 2.24. The summed E-state index contributed by atoms with van der Waals surface area (Å²) in [5.74, 6) is -0.210. The van der Waals surface area contributed by atoms with E-state index < -0.39 is 0 Å². The highest BCUT2D eigenvalue weighted by molar-refractivity contribution is 6.31. The van der Waals surface area contributed by atoms with Crippen LogP contribution in [-0.2, 0) is 6.54 Å². The van der Waals surface area contributed by atoms with Crippen molar-refractivity contribution in [2.45, 2.75) is 51.2 Å². The fourth-order valence-corrected chi connectivity index (χ4v) is 3.08. The van der Waals surface area contributed by atoms with Gasteiger partial charge in [0.2, 0.25) is 0 Å². The van der Waals surface area contributed by atoms with Crippen LogP contribution in [0.4, 0.5) is 4.39 Å². The van der Waals surface area contributed by atoms with Gasteiger partial charge in [-0.2, -0.15) is 0 Å². The molecule has 0 aliphatic heterocycles. The molecule has 2 rings (SSSR count). The predicted octanol–water partition coefficient (Wildman–Crippen LogP) is 3.57. The van der Waals surface area contributed by atoms with Gasteiger partial charge in [0.1, 0.15) is 5.82 Å². The third-order valence-electron chi connectivity index (χ3n) is 4.09. The van der Waals surface area contributed by atoms with Crippen LogP contribution in [0.25, 0.3) is 0 Å². The van der Waals surface area contributed by atoms with Crippen molar-refractivity contribution in [2.24, 2.45) is 5.73 Å². The van der Waals surface area contributed by atoms with E-state index in [4.69, 9.17) is 17.3 Å². The molecule has 0 amide bonds.